The number of carbonyl (C=O) groups is 2. The van der Waals surface area contributed by atoms with E-state index in [9.17, 15) is 18.0 Å². The molecule has 0 aromatic heterocycles. The number of benzene rings is 1. The van der Waals surface area contributed by atoms with Crippen molar-refractivity contribution in [2.75, 3.05) is 16.8 Å². The predicted molar refractivity (Wildman–Crippen MR) is 105 cm³/mol. The zero-order chi connectivity index (χ0) is 19.3. The molecule has 1 aromatic carbocycles. The van der Waals surface area contributed by atoms with Crippen LogP contribution in [0.1, 0.15) is 26.7 Å². The minimum absolute atomic E-state index is 0.0569. The van der Waals surface area contributed by atoms with Crippen molar-refractivity contribution >= 4 is 43.4 Å². The highest BCUT2D eigenvalue weighted by Crippen LogP contribution is 2.17. The quantitative estimate of drug-likeness (QED) is 0.624. The fourth-order valence-electron chi connectivity index (χ4n) is 2.77. The summed E-state index contributed by atoms with van der Waals surface area (Å²) in [5.41, 5.74) is 0.627. The van der Waals surface area contributed by atoms with Crippen molar-refractivity contribution in [1.82, 2.24) is 10.6 Å². The molecule has 1 fully saturated rings. The highest BCUT2D eigenvalue weighted by Gasteiger charge is 2.31. The Hall–Kier alpha value is -1.61. The molecule has 1 saturated heterocycles. The van der Waals surface area contributed by atoms with E-state index in [1.54, 1.807) is 18.2 Å². The maximum atomic E-state index is 12.6. The van der Waals surface area contributed by atoms with Crippen LogP contribution in [-0.2, 0) is 14.6 Å². The minimum Gasteiger partial charge on any atom is -0.334 e. The van der Waals surface area contributed by atoms with Gasteiger partial charge in [0.15, 0.2) is 9.84 Å². The maximum absolute atomic E-state index is 12.6. The van der Waals surface area contributed by atoms with Gasteiger partial charge in [-0.15, -0.1) is 0 Å². The number of anilines is 1. The summed E-state index contributed by atoms with van der Waals surface area (Å²) >= 11 is 3.35. The summed E-state index contributed by atoms with van der Waals surface area (Å²) in [6.45, 7) is 3.82. The van der Waals surface area contributed by atoms with Gasteiger partial charge in [-0.05, 0) is 30.5 Å². The van der Waals surface area contributed by atoms with Crippen LogP contribution in [0.15, 0.2) is 28.7 Å². The molecule has 26 heavy (non-hydrogen) atoms. The Morgan fingerprint density at radius 3 is 2.65 bits per heavy atom. The van der Waals surface area contributed by atoms with Crippen molar-refractivity contribution in [3.05, 3.63) is 28.7 Å². The first-order chi connectivity index (χ1) is 12.2. The molecule has 7 nitrogen and oxygen atoms in total. The van der Waals surface area contributed by atoms with Crippen LogP contribution in [0.2, 0.25) is 0 Å². The first kappa shape index (κ1) is 20.7. The van der Waals surface area contributed by atoms with Crippen LogP contribution >= 0.6 is 15.9 Å². The molecule has 144 valence electrons. The van der Waals surface area contributed by atoms with E-state index >= 15 is 0 Å². The van der Waals surface area contributed by atoms with Gasteiger partial charge in [0.05, 0.1) is 11.5 Å². The summed E-state index contributed by atoms with van der Waals surface area (Å²) in [4.78, 5) is 24.9. The largest absolute Gasteiger partial charge is 0.334 e. The van der Waals surface area contributed by atoms with Gasteiger partial charge in [-0.1, -0.05) is 42.3 Å². The molecule has 0 radical (unpaired) electrons. The number of hydrogen-bond acceptors (Lipinski definition) is 4. The topological polar surface area (TPSA) is 104 Å². The summed E-state index contributed by atoms with van der Waals surface area (Å²) in [6, 6.07) is 5.53. The van der Waals surface area contributed by atoms with E-state index in [2.05, 4.69) is 31.9 Å². The SMILES string of the molecule is CCC(C)C(NC(=O)NC1CCS(=O)(=O)C1)C(=O)Nc1cccc(Br)c1. The third-order valence-electron chi connectivity index (χ3n) is 4.44. The summed E-state index contributed by atoms with van der Waals surface area (Å²) in [5.74, 6) is -0.374. The smallest absolute Gasteiger partial charge is 0.315 e. The van der Waals surface area contributed by atoms with Gasteiger partial charge in [-0.3, -0.25) is 4.79 Å². The number of nitrogens with one attached hydrogen (secondary N) is 3. The molecule has 1 aliphatic heterocycles. The summed E-state index contributed by atoms with van der Waals surface area (Å²) in [6.07, 6.45) is 1.10. The average molecular weight is 446 g/mol. The number of amides is 3. The molecule has 1 heterocycles. The second-order valence-corrected chi connectivity index (χ2v) is 9.72. The van der Waals surface area contributed by atoms with E-state index < -0.39 is 28.0 Å². The highest BCUT2D eigenvalue weighted by atomic mass is 79.9. The van der Waals surface area contributed by atoms with Crippen molar-refractivity contribution < 1.29 is 18.0 Å². The van der Waals surface area contributed by atoms with Crippen LogP contribution in [0.3, 0.4) is 0 Å². The zero-order valence-corrected chi connectivity index (χ0v) is 17.2. The van der Waals surface area contributed by atoms with E-state index in [0.717, 1.165) is 4.47 Å². The predicted octanol–water partition coefficient (Wildman–Crippen LogP) is 2.29. The second kappa shape index (κ2) is 8.85. The molecular formula is C17H24BrN3O4S. The van der Waals surface area contributed by atoms with Crippen LogP contribution in [0, 0.1) is 5.92 Å². The molecule has 3 amide bonds. The molecule has 0 spiro atoms. The standard InChI is InChI=1S/C17H24BrN3O4S/c1-3-11(2)15(16(22)19-13-6-4-5-12(18)9-13)21-17(23)20-14-7-8-26(24,25)10-14/h4-6,9,11,14-15H,3,7-8,10H2,1-2H3,(H,19,22)(H2,20,21,23). The molecule has 3 unspecified atom stereocenters. The average Bonchev–Trinajstić information content (AvgIpc) is 2.90. The van der Waals surface area contributed by atoms with Gasteiger partial charge in [-0.25, -0.2) is 13.2 Å². The normalized spacial score (nSPS) is 20.8. The first-order valence-corrected chi connectivity index (χ1v) is 11.2. The lowest BCUT2D eigenvalue weighted by molar-refractivity contribution is -0.119. The Balaban J connectivity index is 2.00. The fourth-order valence-corrected chi connectivity index (χ4v) is 4.84. The molecule has 0 saturated carbocycles. The van der Waals surface area contributed by atoms with Crippen molar-refractivity contribution in [3.63, 3.8) is 0 Å². The van der Waals surface area contributed by atoms with Gasteiger partial charge >= 0.3 is 6.03 Å². The van der Waals surface area contributed by atoms with Crippen molar-refractivity contribution in [1.29, 1.82) is 0 Å². The van der Waals surface area contributed by atoms with Crippen LogP contribution < -0.4 is 16.0 Å². The molecule has 1 aromatic rings. The van der Waals surface area contributed by atoms with Crippen molar-refractivity contribution in [2.24, 2.45) is 5.92 Å². The Kier molecular flexibility index (Phi) is 7.05. The van der Waals surface area contributed by atoms with Crippen LogP contribution in [0.5, 0.6) is 0 Å². The third kappa shape index (κ3) is 5.98. The van der Waals surface area contributed by atoms with E-state index in [1.165, 1.54) is 0 Å². The number of halogens is 1. The third-order valence-corrected chi connectivity index (χ3v) is 6.70. The van der Waals surface area contributed by atoms with Gasteiger partial charge < -0.3 is 16.0 Å². The lowest BCUT2D eigenvalue weighted by atomic mass is 9.98. The summed E-state index contributed by atoms with van der Waals surface area (Å²) in [5, 5.41) is 8.15. The number of sulfone groups is 1. The molecule has 9 heteroatoms. The van der Waals surface area contributed by atoms with E-state index in [1.807, 2.05) is 19.9 Å². The summed E-state index contributed by atoms with van der Waals surface area (Å²) < 4.78 is 23.8. The maximum Gasteiger partial charge on any atom is 0.315 e. The molecule has 3 N–H and O–H groups in total. The minimum atomic E-state index is -3.08. The molecule has 0 aliphatic carbocycles. The van der Waals surface area contributed by atoms with Gasteiger partial charge in [0.2, 0.25) is 5.91 Å². The van der Waals surface area contributed by atoms with Gasteiger partial charge in [0.1, 0.15) is 6.04 Å². The Bertz CT molecular complexity index is 769. The van der Waals surface area contributed by atoms with Gasteiger partial charge in [-0.2, -0.15) is 0 Å². The number of rotatable bonds is 6. The Labute approximate surface area is 162 Å². The Morgan fingerprint density at radius 2 is 2.08 bits per heavy atom. The van der Waals surface area contributed by atoms with E-state index in [4.69, 9.17) is 0 Å². The number of urea groups is 1. The zero-order valence-electron chi connectivity index (χ0n) is 14.8. The summed E-state index contributed by atoms with van der Waals surface area (Å²) in [7, 11) is -3.08. The molecular weight excluding hydrogens is 422 g/mol. The molecule has 3 atom stereocenters. The van der Waals surface area contributed by atoms with Crippen LogP contribution in [0.25, 0.3) is 0 Å². The number of carbonyl (C=O) groups excluding carboxylic acids is 2. The van der Waals surface area contributed by atoms with Crippen LogP contribution in [-0.4, -0.2) is 43.9 Å². The monoisotopic (exact) mass is 445 g/mol. The fraction of sp³-hybridized carbons (Fsp3) is 0.529. The van der Waals surface area contributed by atoms with Gasteiger partial charge in [0, 0.05) is 16.2 Å². The lowest BCUT2D eigenvalue weighted by Gasteiger charge is -2.24. The van der Waals surface area contributed by atoms with Crippen molar-refractivity contribution in [2.45, 2.75) is 38.8 Å². The second-order valence-electron chi connectivity index (χ2n) is 6.58. The molecule has 1 aliphatic rings. The first-order valence-electron chi connectivity index (χ1n) is 8.54. The number of hydrogen-bond donors (Lipinski definition) is 3. The van der Waals surface area contributed by atoms with Gasteiger partial charge in [0.25, 0.3) is 0 Å². The Morgan fingerprint density at radius 1 is 1.35 bits per heavy atom. The molecule has 0 bridgehead atoms. The van der Waals surface area contributed by atoms with E-state index in [-0.39, 0.29) is 23.3 Å². The van der Waals surface area contributed by atoms with Crippen LogP contribution in [0.4, 0.5) is 10.5 Å². The van der Waals surface area contributed by atoms with Crippen molar-refractivity contribution in [3.8, 4) is 0 Å². The molecule has 2 rings (SSSR count). The van der Waals surface area contributed by atoms with E-state index in [0.29, 0.717) is 18.5 Å². The highest BCUT2D eigenvalue weighted by molar-refractivity contribution is 9.10. The lowest BCUT2D eigenvalue weighted by Crippen LogP contribution is -2.53.